The van der Waals surface area contributed by atoms with Crippen molar-refractivity contribution in [3.8, 4) is 0 Å². The van der Waals surface area contributed by atoms with Crippen molar-refractivity contribution in [2.75, 3.05) is 6.54 Å². The molecule has 192 valence electrons. The minimum atomic E-state index is -1.63. The number of carboxylic acid groups (broad SMARTS) is 1. The molecule has 0 aromatic carbocycles. The first-order chi connectivity index (χ1) is 15.8. The van der Waals surface area contributed by atoms with Crippen LogP contribution in [0.3, 0.4) is 0 Å². The Hall–Kier alpha value is -3.79. The highest BCUT2D eigenvalue weighted by molar-refractivity contribution is 5.98. The number of nitrogens with one attached hydrogen (secondary N) is 3. The molecule has 4 unspecified atom stereocenters. The standard InChI is InChI=1S/C18H32N8O8/c19-4-2-1-3-9(18(33)34)24-16(31)11(7-14(23)29)26-17(32)10(6-13(22)28)25-15(30)8(20)5-12(21)27/h8-11H,1-7,19-20H2,(H2,21,27)(H2,22,28)(H2,23,29)(H,24,31)(H,25,30)(H,26,32)(H,33,34). The summed E-state index contributed by atoms with van der Waals surface area (Å²) in [7, 11) is 0. The van der Waals surface area contributed by atoms with Gasteiger partial charge in [-0.15, -0.1) is 0 Å². The van der Waals surface area contributed by atoms with E-state index in [1.54, 1.807) is 0 Å². The maximum absolute atomic E-state index is 12.7. The highest BCUT2D eigenvalue weighted by Gasteiger charge is 2.32. The zero-order valence-electron chi connectivity index (χ0n) is 18.5. The monoisotopic (exact) mass is 488 g/mol. The van der Waals surface area contributed by atoms with Crippen LogP contribution in [0.15, 0.2) is 0 Å². The predicted octanol–water partition coefficient (Wildman–Crippen LogP) is -5.39. The van der Waals surface area contributed by atoms with Crippen molar-refractivity contribution in [1.82, 2.24) is 16.0 Å². The lowest BCUT2D eigenvalue weighted by atomic mass is 10.1. The molecule has 0 saturated heterocycles. The summed E-state index contributed by atoms with van der Waals surface area (Å²) in [4.78, 5) is 82.4. The average Bonchev–Trinajstić information content (AvgIpc) is 2.70. The predicted molar refractivity (Wildman–Crippen MR) is 116 cm³/mol. The molecule has 6 amide bonds. The van der Waals surface area contributed by atoms with Crippen LogP contribution in [0.25, 0.3) is 0 Å². The normalized spacial score (nSPS) is 14.1. The second-order valence-corrected chi connectivity index (χ2v) is 7.42. The summed E-state index contributed by atoms with van der Waals surface area (Å²) in [5.41, 5.74) is 26.0. The van der Waals surface area contributed by atoms with Crippen LogP contribution < -0.4 is 44.6 Å². The molecule has 0 rings (SSSR count). The smallest absolute Gasteiger partial charge is 0.326 e. The van der Waals surface area contributed by atoms with Gasteiger partial charge in [0.2, 0.25) is 35.4 Å². The number of primary amides is 3. The van der Waals surface area contributed by atoms with E-state index in [0.717, 1.165) is 0 Å². The van der Waals surface area contributed by atoms with Crippen LogP contribution in [0.2, 0.25) is 0 Å². The van der Waals surface area contributed by atoms with Crippen LogP contribution in [0.4, 0.5) is 0 Å². The Kier molecular flexibility index (Phi) is 13.4. The van der Waals surface area contributed by atoms with Gasteiger partial charge in [0.15, 0.2) is 0 Å². The van der Waals surface area contributed by atoms with Crippen LogP contribution in [-0.2, 0) is 33.6 Å². The lowest BCUT2D eigenvalue weighted by molar-refractivity contribution is -0.142. The van der Waals surface area contributed by atoms with E-state index in [9.17, 15) is 38.7 Å². The first-order valence-electron chi connectivity index (χ1n) is 10.2. The minimum Gasteiger partial charge on any atom is -0.480 e. The Labute approximate surface area is 194 Å². The number of nitrogens with two attached hydrogens (primary N) is 5. The van der Waals surface area contributed by atoms with E-state index in [-0.39, 0.29) is 6.42 Å². The summed E-state index contributed by atoms with van der Waals surface area (Å²) in [6.07, 6.45) is -1.06. The van der Waals surface area contributed by atoms with Gasteiger partial charge in [0.05, 0.1) is 25.3 Å². The zero-order chi connectivity index (χ0) is 26.4. The molecule has 0 fully saturated rings. The van der Waals surface area contributed by atoms with E-state index >= 15 is 0 Å². The average molecular weight is 489 g/mol. The van der Waals surface area contributed by atoms with E-state index in [4.69, 9.17) is 28.7 Å². The maximum Gasteiger partial charge on any atom is 0.326 e. The largest absolute Gasteiger partial charge is 0.480 e. The molecule has 0 aromatic rings. The minimum absolute atomic E-state index is 0.0353. The molecule has 0 aliphatic rings. The highest BCUT2D eigenvalue weighted by Crippen LogP contribution is 2.04. The fourth-order valence-corrected chi connectivity index (χ4v) is 2.70. The number of hydrogen-bond donors (Lipinski definition) is 9. The van der Waals surface area contributed by atoms with E-state index in [1.807, 2.05) is 0 Å². The van der Waals surface area contributed by atoms with Crippen LogP contribution >= 0.6 is 0 Å². The number of carboxylic acids is 1. The van der Waals surface area contributed by atoms with Gasteiger partial charge in [-0.1, -0.05) is 0 Å². The number of carbonyl (C=O) groups excluding carboxylic acids is 6. The topological polar surface area (TPSA) is 306 Å². The lowest BCUT2D eigenvalue weighted by Gasteiger charge is -2.24. The van der Waals surface area contributed by atoms with Crippen LogP contribution in [-0.4, -0.2) is 77.2 Å². The Morgan fingerprint density at radius 1 is 0.647 bits per heavy atom. The Morgan fingerprint density at radius 3 is 1.44 bits per heavy atom. The molecule has 16 heteroatoms. The van der Waals surface area contributed by atoms with Crippen molar-refractivity contribution in [3.05, 3.63) is 0 Å². The molecule has 0 aliphatic carbocycles. The zero-order valence-corrected chi connectivity index (χ0v) is 18.5. The molecule has 4 atom stereocenters. The van der Waals surface area contributed by atoms with Gasteiger partial charge in [0, 0.05) is 0 Å². The molecule has 0 radical (unpaired) electrons. The first-order valence-corrected chi connectivity index (χ1v) is 10.2. The summed E-state index contributed by atoms with van der Waals surface area (Å²) in [6, 6.07) is -6.03. The number of rotatable bonds is 17. The van der Waals surface area contributed by atoms with Gasteiger partial charge < -0.3 is 49.7 Å². The second kappa shape index (κ2) is 15.1. The summed E-state index contributed by atoms with van der Waals surface area (Å²) < 4.78 is 0. The van der Waals surface area contributed by atoms with Crippen molar-refractivity contribution < 1.29 is 38.7 Å². The molecule has 0 bridgehead atoms. The van der Waals surface area contributed by atoms with Crippen molar-refractivity contribution in [2.24, 2.45) is 28.7 Å². The third-order valence-electron chi connectivity index (χ3n) is 4.40. The summed E-state index contributed by atoms with van der Waals surface area (Å²) in [5, 5.41) is 15.7. The number of unbranched alkanes of at least 4 members (excludes halogenated alkanes) is 1. The molecule has 0 spiro atoms. The van der Waals surface area contributed by atoms with E-state index in [1.165, 1.54) is 0 Å². The molecule has 0 heterocycles. The quantitative estimate of drug-likeness (QED) is 0.0874. The molecule has 16 nitrogen and oxygen atoms in total. The van der Waals surface area contributed by atoms with Gasteiger partial charge >= 0.3 is 5.97 Å². The molecule has 0 aliphatic heterocycles. The Balaban J connectivity index is 5.50. The molecule has 0 aromatic heterocycles. The molecule has 0 saturated carbocycles. The number of carbonyl (C=O) groups is 7. The van der Waals surface area contributed by atoms with Crippen molar-refractivity contribution in [1.29, 1.82) is 0 Å². The molecular formula is C18H32N8O8. The van der Waals surface area contributed by atoms with E-state index in [2.05, 4.69) is 16.0 Å². The third-order valence-corrected chi connectivity index (χ3v) is 4.40. The van der Waals surface area contributed by atoms with Gasteiger partial charge in [-0.2, -0.15) is 0 Å². The van der Waals surface area contributed by atoms with Crippen molar-refractivity contribution >= 4 is 41.4 Å². The van der Waals surface area contributed by atoms with E-state index < -0.39 is 84.8 Å². The van der Waals surface area contributed by atoms with Gasteiger partial charge in [0.1, 0.15) is 18.1 Å². The second-order valence-electron chi connectivity index (χ2n) is 7.42. The summed E-state index contributed by atoms with van der Waals surface area (Å²) in [5.74, 6) is -7.42. The van der Waals surface area contributed by atoms with Crippen molar-refractivity contribution in [2.45, 2.75) is 62.7 Å². The van der Waals surface area contributed by atoms with Gasteiger partial charge in [-0.3, -0.25) is 28.8 Å². The van der Waals surface area contributed by atoms with Crippen LogP contribution in [0, 0.1) is 0 Å². The number of hydrogen-bond acceptors (Lipinski definition) is 9. The lowest BCUT2D eigenvalue weighted by Crippen LogP contribution is -2.58. The summed E-state index contributed by atoms with van der Waals surface area (Å²) in [6.45, 7) is 0.316. The Morgan fingerprint density at radius 2 is 1.06 bits per heavy atom. The van der Waals surface area contributed by atoms with Crippen LogP contribution in [0.5, 0.6) is 0 Å². The van der Waals surface area contributed by atoms with Gasteiger partial charge in [0.25, 0.3) is 0 Å². The molecule has 34 heavy (non-hydrogen) atoms. The van der Waals surface area contributed by atoms with Crippen LogP contribution in [0.1, 0.15) is 38.5 Å². The first kappa shape index (κ1) is 30.2. The maximum atomic E-state index is 12.7. The highest BCUT2D eigenvalue weighted by atomic mass is 16.4. The SMILES string of the molecule is NCCCCC(NC(=O)C(CC(N)=O)NC(=O)C(CC(N)=O)NC(=O)C(N)CC(N)=O)C(=O)O. The third kappa shape index (κ3) is 12.3. The summed E-state index contributed by atoms with van der Waals surface area (Å²) >= 11 is 0. The van der Waals surface area contributed by atoms with Gasteiger partial charge in [-0.25, -0.2) is 4.79 Å². The van der Waals surface area contributed by atoms with Crippen molar-refractivity contribution in [3.63, 3.8) is 0 Å². The molecular weight excluding hydrogens is 456 g/mol. The number of aliphatic carboxylic acids is 1. The van der Waals surface area contributed by atoms with E-state index in [0.29, 0.717) is 19.4 Å². The fraction of sp³-hybridized carbons (Fsp3) is 0.611. The number of amides is 6. The molecule has 14 N–H and O–H groups in total. The fourth-order valence-electron chi connectivity index (χ4n) is 2.70. The Bertz CT molecular complexity index is 790. The van der Waals surface area contributed by atoms with Gasteiger partial charge in [-0.05, 0) is 25.8 Å².